The van der Waals surface area contributed by atoms with E-state index in [4.69, 9.17) is 0 Å². The molecule has 254 valence electrons. The Balaban J connectivity index is 1.55. The maximum Gasteiger partial charge on any atom is 0.416 e. The second-order valence-electron chi connectivity index (χ2n) is 11.9. The van der Waals surface area contributed by atoms with Crippen molar-refractivity contribution in [2.45, 2.75) is 75.9 Å². The van der Waals surface area contributed by atoms with Gasteiger partial charge in [-0.05, 0) is 68.1 Å². The molecule has 0 unspecified atom stereocenters. The van der Waals surface area contributed by atoms with Crippen LogP contribution in [0, 0.1) is 0 Å². The summed E-state index contributed by atoms with van der Waals surface area (Å²) in [6.07, 6.45) is 0.500. The summed E-state index contributed by atoms with van der Waals surface area (Å²) in [4.78, 5) is 26.6. The Hall–Kier alpha value is -3.94. The van der Waals surface area contributed by atoms with Gasteiger partial charge in [0.1, 0.15) is 0 Å². The second-order valence-corrected chi connectivity index (χ2v) is 13.7. The molecule has 1 fully saturated rings. The number of nitrogens with one attached hydrogen (secondary N) is 3. The SMILES string of the molecule is C[C@H](NC[C@@H](O)[C@H](Cc1ccccc1)NC(=O)c1ccccc1N(c1ccc(C(F)(F)F)cc1)S(C)(=O)=O)C(=O)NC1CCCCC1. The van der Waals surface area contributed by atoms with Crippen LogP contribution in [0.1, 0.15) is 60.5 Å². The van der Waals surface area contributed by atoms with E-state index in [1.807, 2.05) is 30.3 Å². The van der Waals surface area contributed by atoms with Crippen molar-refractivity contribution in [2.24, 2.45) is 0 Å². The number of sulfonamides is 1. The lowest BCUT2D eigenvalue weighted by molar-refractivity contribution is -0.137. The van der Waals surface area contributed by atoms with Gasteiger partial charge in [-0.15, -0.1) is 0 Å². The predicted octanol–water partition coefficient (Wildman–Crippen LogP) is 4.93. The van der Waals surface area contributed by atoms with E-state index in [1.165, 1.54) is 24.3 Å². The van der Waals surface area contributed by atoms with Crippen molar-refractivity contribution in [3.05, 3.63) is 95.6 Å². The topological polar surface area (TPSA) is 128 Å². The van der Waals surface area contributed by atoms with Crippen LogP contribution >= 0.6 is 0 Å². The minimum Gasteiger partial charge on any atom is -0.390 e. The van der Waals surface area contributed by atoms with Crippen LogP contribution in [0.15, 0.2) is 78.9 Å². The van der Waals surface area contributed by atoms with Crippen molar-refractivity contribution in [1.29, 1.82) is 0 Å². The van der Waals surface area contributed by atoms with Crippen LogP contribution in [-0.4, -0.2) is 62.4 Å². The van der Waals surface area contributed by atoms with Crippen molar-refractivity contribution >= 4 is 33.2 Å². The van der Waals surface area contributed by atoms with E-state index in [1.54, 1.807) is 6.92 Å². The maximum atomic E-state index is 13.8. The van der Waals surface area contributed by atoms with Gasteiger partial charge in [0.2, 0.25) is 15.9 Å². The Labute approximate surface area is 273 Å². The lowest BCUT2D eigenvalue weighted by Gasteiger charge is -2.29. The third-order valence-electron chi connectivity index (χ3n) is 8.19. The zero-order chi connectivity index (χ0) is 34.2. The van der Waals surface area contributed by atoms with Gasteiger partial charge < -0.3 is 21.1 Å². The van der Waals surface area contributed by atoms with Crippen LogP contribution in [0.2, 0.25) is 0 Å². The number of aliphatic hydroxyl groups excluding tert-OH is 1. The number of rotatable bonds is 13. The molecular weight excluding hydrogens is 633 g/mol. The monoisotopic (exact) mass is 674 g/mol. The van der Waals surface area contributed by atoms with Crippen LogP contribution in [0.5, 0.6) is 0 Å². The van der Waals surface area contributed by atoms with E-state index in [0.29, 0.717) is 0 Å². The smallest absolute Gasteiger partial charge is 0.390 e. The number of aliphatic hydroxyl groups is 1. The molecule has 1 aliphatic carbocycles. The summed E-state index contributed by atoms with van der Waals surface area (Å²) in [5.74, 6) is -0.880. The number of benzene rings is 3. The molecule has 0 bridgehead atoms. The van der Waals surface area contributed by atoms with E-state index >= 15 is 0 Å². The Morgan fingerprint density at radius 1 is 0.936 bits per heavy atom. The van der Waals surface area contributed by atoms with Gasteiger partial charge in [-0.25, -0.2) is 12.7 Å². The van der Waals surface area contributed by atoms with E-state index in [-0.39, 0.29) is 41.9 Å². The number of anilines is 2. The lowest BCUT2D eigenvalue weighted by Crippen LogP contribution is -2.53. The highest BCUT2D eigenvalue weighted by molar-refractivity contribution is 7.92. The molecule has 47 heavy (non-hydrogen) atoms. The average molecular weight is 675 g/mol. The number of nitrogens with zero attached hydrogens (tertiary/aromatic N) is 1. The summed E-state index contributed by atoms with van der Waals surface area (Å²) in [7, 11) is -4.13. The van der Waals surface area contributed by atoms with Crippen molar-refractivity contribution in [1.82, 2.24) is 16.0 Å². The molecule has 13 heteroatoms. The van der Waals surface area contributed by atoms with E-state index in [9.17, 15) is 36.3 Å². The number of para-hydroxylation sites is 1. The molecule has 4 rings (SSSR count). The summed E-state index contributed by atoms with van der Waals surface area (Å²) < 4.78 is 66.4. The molecule has 0 aliphatic heterocycles. The first-order valence-corrected chi connectivity index (χ1v) is 17.4. The van der Waals surface area contributed by atoms with Crippen molar-refractivity contribution < 1.29 is 36.3 Å². The van der Waals surface area contributed by atoms with Gasteiger partial charge in [0.25, 0.3) is 5.91 Å². The number of alkyl halides is 3. The van der Waals surface area contributed by atoms with Gasteiger partial charge >= 0.3 is 6.18 Å². The van der Waals surface area contributed by atoms with Crippen LogP contribution in [0.4, 0.5) is 24.5 Å². The summed E-state index contributed by atoms with van der Waals surface area (Å²) in [5, 5.41) is 20.2. The predicted molar refractivity (Wildman–Crippen MR) is 175 cm³/mol. The first kappa shape index (κ1) is 35.9. The van der Waals surface area contributed by atoms with Crippen LogP contribution in [-0.2, 0) is 27.4 Å². The van der Waals surface area contributed by atoms with Gasteiger partial charge in [0.05, 0.1) is 46.9 Å². The molecule has 0 saturated heterocycles. The molecule has 0 aromatic heterocycles. The fourth-order valence-electron chi connectivity index (χ4n) is 5.64. The number of carbonyl (C=O) groups is 2. The highest BCUT2D eigenvalue weighted by Crippen LogP contribution is 2.35. The molecule has 1 saturated carbocycles. The number of hydrogen-bond acceptors (Lipinski definition) is 6. The quantitative estimate of drug-likeness (QED) is 0.204. The van der Waals surface area contributed by atoms with Crippen molar-refractivity contribution in [2.75, 3.05) is 17.1 Å². The zero-order valence-corrected chi connectivity index (χ0v) is 27.2. The molecule has 2 amide bonds. The van der Waals surface area contributed by atoms with Crippen molar-refractivity contribution in [3.8, 4) is 0 Å². The van der Waals surface area contributed by atoms with Crippen LogP contribution < -0.4 is 20.3 Å². The fourth-order valence-corrected chi connectivity index (χ4v) is 6.66. The molecule has 0 heterocycles. The molecule has 0 radical (unpaired) electrons. The first-order chi connectivity index (χ1) is 22.2. The maximum absolute atomic E-state index is 13.8. The van der Waals surface area contributed by atoms with E-state index in [0.717, 1.165) is 72.5 Å². The van der Waals surface area contributed by atoms with Gasteiger partial charge in [0.15, 0.2) is 0 Å². The van der Waals surface area contributed by atoms with Gasteiger partial charge in [-0.2, -0.15) is 13.2 Å². The van der Waals surface area contributed by atoms with Crippen LogP contribution in [0.25, 0.3) is 0 Å². The number of halogens is 3. The third-order valence-corrected chi connectivity index (χ3v) is 9.26. The fraction of sp³-hybridized carbons (Fsp3) is 0.412. The summed E-state index contributed by atoms with van der Waals surface area (Å²) in [5.41, 5.74) is -0.377. The molecule has 0 spiro atoms. The van der Waals surface area contributed by atoms with Crippen molar-refractivity contribution in [3.63, 3.8) is 0 Å². The largest absolute Gasteiger partial charge is 0.416 e. The minimum atomic E-state index is -4.62. The second kappa shape index (κ2) is 15.8. The number of amides is 2. The summed E-state index contributed by atoms with van der Waals surface area (Å²) in [6.45, 7) is 1.67. The molecule has 1 aliphatic rings. The number of carbonyl (C=O) groups excluding carboxylic acids is 2. The Morgan fingerprint density at radius 2 is 1.55 bits per heavy atom. The Morgan fingerprint density at radius 3 is 2.17 bits per heavy atom. The summed E-state index contributed by atoms with van der Waals surface area (Å²) in [6, 6.07) is 17.2. The molecule has 9 nitrogen and oxygen atoms in total. The van der Waals surface area contributed by atoms with E-state index < -0.39 is 45.9 Å². The lowest BCUT2D eigenvalue weighted by atomic mass is 9.95. The van der Waals surface area contributed by atoms with Crippen LogP contribution in [0.3, 0.4) is 0 Å². The van der Waals surface area contributed by atoms with Gasteiger partial charge in [0, 0.05) is 12.6 Å². The van der Waals surface area contributed by atoms with E-state index in [2.05, 4.69) is 16.0 Å². The Kier molecular flexibility index (Phi) is 12.0. The average Bonchev–Trinajstić information content (AvgIpc) is 3.03. The molecule has 3 aromatic carbocycles. The normalized spacial score (nSPS) is 16.1. The highest BCUT2D eigenvalue weighted by atomic mass is 32.2. The first-order valence-electron chi connectivity index (χ1n) is 15.6. The Bertz CT molecular complexity index is 1600. The highest BCUT2D eigenvalue weighted by Gasteiger charge is 2.32. The third kappa shape index (κ3) is 10.0. The van der Waals surface area contributed by atoms with Gasteiger partial charge in [-0.1, -0.05) is 61.7 Å². The van der Waals surface area contributed by atoms with Gasteiger partial charge in [-0.3, -0.25) is 9.59 Å². The standard InChI is InChI=1S/C34H41F3N4O5S/c1-23(32(43)39-26-13-7-4-8-14-26)38-22-31(42)29(21-24-11-5-3-6-12-24)40-33(44)28-15-9-10-16-30(28)41(47(2,45)46)27-19-17-25(18-20-27)34(35,36)37/h3,5-6,9-12,15-20,23,26,29,31,38,42H,4,7-8,13-14,21-22H2,1-2H3,(H,39,43)(H,40,44)/t23-,29-,31+/m0/s1. The molecule has 3 atom stereocenters. The minimum absolute atomic E-state index is 0.0281. The molecule has 3 aromatic rings. The molecular formula is C34H41F3N4O5S. The molecule has 4 N–H and O–H groups in total. The zero-order valence-electron chi connectivity index (χ0n) is 26.3. The summed E-state index contributed by atoms with van der Waals surface area (Å²) >= 11 is 0. The number of hydrogen-bond donors (Lipinski definition) is 4.